The van der Waals surface area contributed by atoms with E-state index in [1.807, 2.05) is 0 Å². The van der Waals surface area contributed by atoms with Crippen molar-refractivity contribution in [1.29, 1.82) is 0 Å². The first-order chi connectivity index (χ1) is 17.5. The summed E-state index contributed by atoms with van der Waals surface area (Å²) in [5, 5.41) is 17.9. The van der Waals surface area contributed by atoms with Crippen LogP contribution in [0.25, 0.3) is 5.65 Å². The summed E-state index contributed by atoms with van der Waals surface area (Å²) in [6.07, 6.45) is 4.31. The Balaban J connectivity index is 1.37. The predicted molar refractivity (Wildman–Crippen MR) is 129 cm³/mol. The fraction of sp³-hybridized carbons (Fsp3) is 0.440. The molecule has 1 aliphatic heterocycles. The number of carboxylic acid groups (broad SMARTS) is 1. The topological polar surface area (TPSA) is 128 Å². The Morgan fingerprint density at radius 1 is 1.30 bits per heavy atom. The van der Waals surface area contributed by atoms with Crippen molar-refractivity contribution in [2.75, 3.05) is 18.3 Å². The molecule has 0 bridgehead atoms. The van der Waals surface area contributed by atoms with Gasteiger partial charge in [0, 0.05) is 24.2 Å². The number of hydroxylamine groups is 1. The molecule has 1 atom stereocenters. The third-order valence-corrected chi connectivity index (χ3v) is 6.17. The van der Waals surface area contributed by atoms with Gasteiger partial charge in [-0.05, 0) is 51.8 Å². The number of hydrogen-bond acceptors (Lipinski definition) is 8. The highest BCUT2D eigenvalue weighted by Crippen LogP contribution is 2.41. The first-order valence-corrected chi connectivity index (χ1v) is 12.0. The van der Waals surface area contributed by atoms with Crippen LogP contribution in [0.1, 0.15) is 62.0 Å². The molecule has 1 amide bonds. The minimum absolute atomic E-state index is 0.0420. The van der Waals surface area contributed by atoms with Crippen molar-refractivity contribution in [3.8, 4) is 5.75 Å². The van der Waals surface area contributed by atoms with Gasteiger partial charge in [-0.15, -0.1) is 0 Å². The summed E-state index contributed by atoms with van der Waals surface area (Å²) in [6.45, 7) is 5.93. The Morgan fingerprint density at radius 2 is 2.08 bits per heavy atom. The largest absolute Gasteiger partial charge is 0.491 e. The Morgan fingerprint density at radius 3 is 2.78 bits per heavy atom. The molecule has 1 aliphatic carbocycles. The molecule has 3 heterocycles. The molecule has 12 heteroatoms. The molecule has 37 heavy (non-hydrogen) atoms. The average Bonchev–Trinajstić information content (AvgIpc) is 3.22. The average molecular weight is 514 g/mol. The fourth-order valence-electron chi connectivity index (χ4n) is 4.21. The molecule has 11 nitrogen and oxygen atoms in total. The Kier molecular flexibility index (Phi) is 6.14. The number of alkyl carbamates (subject to hydrolysis) is 1. The zero-order valence-electron chi connectivity index (χ0n) is 20.7. The van der Waals surface area contributed by atoms with Gasteiger partial charge in [0.05, 0.1) is 24.4 Å². The second-order valence-electron chi connectivity index (χ2n) is 10.3. The summed E-state index contributed by atoms with van der Waals surface area (Å²) in [5.74, 6) is -0.766. The molecule has 2 aromatic heterocycles. The van der Waals surface area contributed by atoms with Crippen LogP contribution in [0.15, 0.2) is 36.7 Å². The molecule has 1 aromatic carbocycles. The van der Waals surface area contributed by atoms with Crippen LogP contribution in [-0.2, 0) is 9.57 Å². The minimum atomic E-state index is -1.15. The van der Waals surface area contributed by atoms with E-state index >= 15 is 0 Å². The number of carboxylic acids is 1. The third kappa shape index (κ3) is 5.29. The summed E-state index contributed by atoms with van der Waals surface area (Å²) in [6, 6.07) is 5.47. The number of aromatic nitrogens is 3. The number of fused-ring (bicyclic) bond motifs is 1. The molecule has 196 valence electrons. The fourth-order valence-corrected chi connectivity index (χ4v) is 4.21. The number of ether oxygens (including phenoxy) is 2. The number of hydrogen-bond donors (Lipinski definition) is 2. The Hall–Kier alpha value is -3.93. The van der Waals surface area contributed by atoms with Gasteiger partial charge in [0.2, 0.25) is 0 Å². The van der Waals surface area contributed by atoms with Gasteiger partial charge in [-0.25, -0.2) is 28.5 Å². The number of amides is 1. The molecule has 2 fully saturated rings. The van der Waals surface area contributed by atoms with E-state index in [0.29, 0.717) is 30.2 Å². The van der Waals surface area contributed by atoms with Gasteiger partial charge in [-0.1, -0.05) is 0 Å². The monoisotopic (exact) mass is 513 g/mol. The van der Waals surface area contributed by atoms with Crippen LogP contribution < -0.4 is 15.1 Å². The number of halogens is 1. The molecule has 0 spiro atoms. The maximum atomic E-state index is 14.4. The van der Waals surface area contributed by atoms with Gasteiger partial charge in [0.1, 0.15) is 29.3 Å². The number of nitrogens with one attached hydrogen (secondary N) is 1. The van der Waals surface area contributed by atoms with Crippen LogP contribution in [0.4, 0.5) is 15.0 Å². The lowest BCUT2D eigenvalue weighted by Gasteiger charge is -2.27. The van der Waals surface area contributed by atoms with Crippen LogP contribution >= 0.6 is 0 Å². The summed E-state index contributed by atoms with van der Waals surface area (Å²) in [7, 11) is 0. The number of benzene rings is 1. The predicted octanol–water partition coefficient (Wildman–Crippen LogP) is 3.89. The zero-order valence-corrected chi connectivity index (χ0v) is 20.7. The van der Waals surface area contributed by atoms with Crippen LogP contribution in [-0.4, -0.2) is 56.1 Å². The second-order valence-corrected chi connectivity index (χ2v) is 10.3. The third-order valence-electron chi connectivity index (χ3n) is 6.17. The summed E-state index contributed by atoms with van der Waals surface area (Å²) in [4.78, 5) is 34.1. The maximum absolute atomic E-state index is 14.4. The molecule has 2 N–H and O–H groups in total. The molecular weight excluding hydrogens is 485 g/mol. The van der Waals surface area contributed by atoms with E-state index < -0.39 is 35.1 Å². The van der Waals surface area contributed by atoms with E-state index in [2.05, 4.69) is 15.4 Å². The summed E-state index contributed by atoms with van der Waals surface area (Å²) < 4.78 is 27.2. The van der Waals surface area contributed by atoms with Crippen LogP contribution in [0.3, 0.4) is 0 Å². The highest BCUT2D eigenvalue weighted by Gasteiger charge is 2.46. The number of rotatable bonds is 7. The Labute approximate surface area is 212 Å². The molecule has 1 saturated heterocycles. The highest BCUT2D eigenvalue weighted by atomic mass is 19.1. The Bertz CT molecular complexity index is 1350. The molecule has 1 saturated carbocycles. The van der Waals surface area contributed by atoms with Crippen LogP contribution in [0, 0.1) is 5.82 Å². The lowest BCUT2D eigenvalue weighted by molar-refractivity contribution is 0.0476. The first kappa shape index (κ1) is 24.8. The van der Waals surface area contributed by atoms with Gasteiger partial charge in [-0.3, -0.25) is 4.84 Å². The number of nitrogens with zero attached hydrogens (tertiary/aromatic N) is 4. The molecule has 1 unspecified atom stereocenters. The van der Waals surface area contributed by atoms with E-state index in [4.69, 9.17) is 14.3 Å². The van der Waals surface area contributed by atoms with E-state index in [-0.39, 0.29) is 17.8 Å². The van der Waals surface area contributed by atoms with E-state index in [1.165, 1.54) is 27.9 Å². The van der Waals surface area contributed by atoms with E-state index in [0.717, 1.165) is 12.8 Å². The first-order valence-electron chi connectivity index (χ1n) is 12.0. The SMILES string of the molecule is CC(C)(C)OC(=O)NC1(COc2ccc(F)cc2C2CCON2c2ccn3ncc(C(=O)O)c3n2)CC1. The van der Waals surface area contributed by atoms with Crippen molar-refractivity contribution in [3.63, 3.8) is 0 Å². The lowest BCUT2D eigenvalue weighted by Crippen LogP contribution is -2.44. The van der Waals surface area contributed by atoms with Crippen molar-refractivity contribution in [3.05, 3.63) is 53.6 Å². The van der Waals surface area contributed by atoms with Gasteiger partial charge >= 0.3 is 12.1 Å². The van der Waals surface area contributed by atoms with Crippen molar-refractivity contribution in [2.24, 2.45) is 0 Å². The maximum Gasteiger partial charge on any atom is 0.408 e. The van der Waals surface area contributed by atoms with Gasteiger partial charge in [-0.2, -0.15) is 5.10 Å². The van der Waals surface area contributed by atoms with Crippen molar-refractivity contribution in [1.82, 2.24) is 19.9 Å². The lowest BCUT2D eigenvalue weighted by atomic mass is 10.0. The smallest absolute Gasteiger partial charge is 0.408 e. The molecule has 2 aliphatic rings. The van der Waals surface area contributed by atoms with Crippen LogP contribution in [0.2, 0.25) is 0 Å². The highest BCUT2D eigenvalue weighted by molar-refractivity contribution is 5.94. The van der Waals surface area contributed by atoms with Crippen molar-refractivity contribution < 1.29 is 33.4 Å². The van der Waals surface area contributed by atoms with Crippen molar-refractivity contribution >= 4 is 23.5 Å². The standard InChI is InChI=1S/C25H28FN5O6/c1-24(2,3)37-23(34)29-25(8-9-25)14-35-19-5-4-15(26)12-16(19)18-7-11-36-31(18)20-6-10-30-21(28-20)17(13-27-30)22(32)33/h4-6,10,12-13,18H,7-9,11,14H2,1-3H3,(H,29,34)(H,32,33). The molecule has 5 rings (SSSR count). The van der Waals surface area contributed by atoms with Gasteiger partial charge < -0.3 is 19.9 Å². The van der Waals surface area contributed by atoms with Gasteiger partial charge in [0.15, 0.2) is 11.5 Å². The number of aromatic carboxylic acids is 1. The van der Waals surface area contributed by atoms with Crippen molar-refractivity contribution in [2.45, 2.75) is 57.2 Å². The molecule has 0 radical (unpaired) electrons. The minimum Gasteiger partial charge on any atom is -0.491 e. The number of carbonyl (C=O) groups excluding carboxylic acids is 1. The molecule has 3 aromatic rings. The number of carbonyl (C=O) groups is 2. The normalized spacial score (nSPS) is 18.6. The summed E-state index contributed by atoms with van der Waals surface area (Å²) in [5.41, 5.74) is -0.476. The van der Waals surface area contributed by atoms with E-state index in [9.17, 15) is 19.1 Å². The zero-order chi connectivity index (χ0) is 26.4. The van der Waals surface area contributed by atoms with Crippen LogP contribution in [0.5, 0.6) is 5.75 Å². The quantitative estimate of drug-likeness (QED) is 0.484. The van der Waals surface area contributed by atoms with Gasteiger partial charge in [0.25, 0.3) is 0 Å². The van der Waals surface area contributed by atoms with E-state index in [1.54, 1.807) is 39.1 Å². The second kappa shape index (κ2) is 9.18. The summed E-state index contributed by atoms with van der Waals surface area (Å²) >= 11 is 0. The molecular formula is C25H28FN5O6. The number of anilines is 1.